The number of rotatable bonds is 12. The van der Waals surface area contributed by atoms with Crippen molar-refractivity contribution >= 4 is 5.97 Å². The van der Waals surface area contributed by atoms with E-state index in [4.69, 9.17) is 21.1 Å². The largest absolute Gasteiger partial charge is 0.480 e. The van der Waals surface area contributed by atoms with Crippen molar-refractivity contribution in [2.45, 2.75) is 49.7 Å². The fourth-order valence-corrected chi connectivity index (χ4v) is 1.67. The van der Waals surface area contributed by atoms with Gasteiger partial charge in [0.25, 0.3) is 0 Å². The van der Waals surface area contributed by atoms with E-state index in [-0.39, 0.29) is 6.54 Å². The zero-order chi connectivity index (χ0) is 16.4. The minimum atomic E-state index is -1.64. The van der Waals surface area contributed by atoms with Gasteiger partial charge in [-0.3, -0.25) is 4.79 Å². The second-order valence-electron chi connectivity index (χ2n) is 4.94. The molecule has 0 spiro atoms. The fraction of sp³-hybridized carbons (Fsp3) is 0.917. The molecule has 0 saturated heterocycles. The van der Waals surface area contributed by atoms with E-state index in [1.54, 1.807) is 0 Å². The molecule has 0 rings (SSSR count). The summed E-state index contributed by atoms with van der Waals surface area (Å²) in [5, 5.41) is 57.7. The predicted molar refractivity (Wildman–Crippen MR) is 73.4 cm³/mol. The van der Waals surface area contributed by atoms with E-state index in [1.165, 1.54) is 0 Å². The highest BCUT2D eigenvalue weighted by molar-refractivity contribution is 5.72. The number of nitrogens with two attached hydrogens (primary N) is 1. The minimum Gasteiger partial charge on any atom is -0.480 e. The van der Waals surface area contributed by atoms with Crippen LogP contribution in [-0.4, -0.2) is 86.8 Å². The summed E-state index contributed by atoms with van der Waals surface area (Å²) in [7, 11) is 0. The van der Waals surface area contributed by atoms with Gasteiger partial charge in [0, 0.05) is 6.54 Å². The van der Waals surface area contributed by atoms with Crippen LogP contribution in [0, 0.1) is 0 Å². The molecule has 0 radical (unpaired) electrons. The maximum atomic E-state index is 10.5. The molecule has 0 aliphatic rings. The molecule has 5 atom stereocenters. The van der Waals surface area contributed by atoms with Crippen LogP contribution in [0.5, 0.6) is 0 Å². The lowest BCUT2D eigenvalue weighted by Crippen LogP contribution is -2.49. The van der Waals surface area contributed by atoms with Crippen molar-refractivity contribution in [2.24, 2.45) is 5.73 Å². The van der Waals surface area contributed by atoms with Gasteiger partial charge in [0.1, 0.15) is 24.4 Å². The summed E-state index contributed by atoms with van der Waals surface area (Å²) in [5.74, 6) is -1.04. The molecular weight excluding hydrogens is 284 g/mol. The third-order valence-electron chi connectivity index (χ3n) is 3.11. The van der Waals surface area contributed by atoms with Crippen LogP contribution in [0.3, 0.4) is 0 Å². The van der Waals surface area contributed by atoms with Crippen molar-refractivity contribution in [1.29, 1.82) is 0 Å². The number of hydrogen-bond acceptors (Lipinski definition) is 8. The molecule has 0 aliphatic carbocycles. The second kappa shape index (κ2) is 10.9. The molecule has 0 amide bonds. The Morgan fingerprint density at radius 1 is 1.05 bits per heavy atom. The average molecular weight is 310 g/mol. The second-order valence-corrected chi connectivity index (χ2v) is 4.94. The molecule has 126 valence electrons. The SMILES string of the molecule is N[C@@H](CCCCNCC(O)C(O)C(O)C(O)CO)C(=O)O. The van der Waals surface area contributed by atoms with Gasteiger partial charge in [0.05, 0.1) is 12.7 Å². The Kier molecular flexibility index (Phi) is 10.4. The Morgan fingerprint density at radius 3 is 2.14 bits per heavy atom. The average Bonchev–Trinajstić information content (AvgIpc) is 2.47. The summed E-state index contributed by atoms with van der Waals surface area (Å²) in [4.78, 5) is 10.5. The molecule has 9 heteroatoms. The normalized spacial score (nSPS) is 18.8. The number of aliphatic hydroxyl groups is 5. The van der Waals surface area contributed by atoms with E-state index >= 15 is 0 Å². The number of nitrogens with one attached hydrogen (secondary N) is 1. The Bertz CT molecular complexity index is 293. The lowest BCUT2D eigenvalue weighted by molar-refractivity contribution is -0.138. The lowest BCUT2D eigenvalue weighted by atomic mass is 10.0. The number of aliphatic carboxylic acids is 1. The van der Waals surface area contributed by atoms with Gasteiger partial charge in [0.15, 0.2) is 0 Å². The molecular formula is C12H26N2O7. The first-order valence-corrected chi connectivity index (χ1v) is 6.83. The van der Waals surface area contributed by atoms with Gasteiger partial charge in [-0.25, -0.2) is 0 Å². The maximum Gasteiger partial charge on any atom is 0.320 e. The first-order chi connectivity index (χ1) is 9.81. The van der Waals surface area contributed by atoms with Gasteiger partial charge in [0.2, 0.25) is 0 Å². The van der Waals surface area contributed by atoms with Gasteiger partial charge in [-0.1, -0.05) is 6.42 Å². The van der Waals surface area contributed by atoms with E-state index in [0.717, 1.165) is 0 Å². The Hall–Kier alpha value is -0.810. The number of unbranched alkanes of at least 4 members (excludes halogenated alkanes) is 1. The zero-order valence-corrected chi connectivity index (χ0v) is 11.8. The van der Waals surface area contributed by atoms with Crippen LogP contribution in [0.15, 0.2) is 0 Å². The zero-order valence-electron chi connectivity index (χ0n) is 11.8. The van der Waals surface area contributed by atoms with Crippen molar-refractivity contribution in [1.82, 2.24) is 5.32 Å². The monoisotopic (exact) mass is 310 g/mol. The van der Waals surface area contributed by atoms with E-state index in [2.05, 4.69) is 5.32 Å². The van der Waals surface area contributed by atoms with Crippen LogP contribution < -0.4 is 11.1 Å². The predicted octanol–water partition coefficient (Wildman–Crippen LogP) is -3.41. The summed E-state index contributed by atoms with van der Waals surface area (Å²) >= 11 is 0. The Labute approximate surface area is 123 Å². The van der Waals surface area contributed by atoms with Gasteiger partial charge in [-0.2, -0.15) is 0 Å². The number of carboxylic acids is 1. The molecule has 0 saturated carbocycles. The molecule has 0 aliphatic heterocycles. The van der Waals surface area contributed by atoms with Crippen LogP contribution in [-0.2, 0) is 4.79 Å². The van der Waals surface area contributed by atoms with Gasteiger partial charge in [-0.15, -0.1) is 0 Å². The number of carbonyl (C=O) groups is 1. The van der Waals surface area contributed by atoms with Crippen molar-refractivity contribution < 1.29 is 35.4 Å². The highest BCUT2D eigenvalue weighted by atomic mass is 16.4. The molecule has 0 aromatic carbocycles. The molecule has 9 N–H and O–H groups in total. The van der Waals surface area contributed by atoms with E-state index in [9.17, 15) is 20.1 Å². The van der Waals surface area contributed by atoms with E-state index < -0.39 is 43.0 Å². The van der Waals surface area contributed by atoms with Crippen molar-refractivity contribution in [3.63, 3.8) is 0 Å². The molecule has 0 heterocycles. The summed E-state index contributed by atoms with van der Waals surface area (Å²) in [5.41, 5.74) is 5.33. The molecule has 21 heavy (non-hydrogen) atoms. The molecule has 0 aromatic rings. The van der Waals surface area contributed by atoms with Crippen LogP contribution in [0.4, 0.5) is 0 Å². The minimum absolute atomic E-state index is 0.0125. The van der Waals surface area contributed by atoms with Crippen LogP contribution in [0.1, 0.15) is 19.3 Å². The standard InChI is InChI=1S/C12H26N2O7/c13-7(12(20)21)3-1-2-4-14-5-8(16)10(18)11(19)9(17)6-15/h7-11,14-19H,1-6,13H2,(H,20,21)/t7-,8?,9?,10?,11?/m0/s1. The topological polar surface area (TPSA) is 176 Å². The number of hydrogen-bond donors (Lipinski definition) is 8. The summed E-state index contributed by atoms with van der Waals surface area (Å²) < 4.78 is 0. The van der Waals surface area contributed by atoms with E-state index in [0.29, 0.717) is 25.8 Å². The van der Waals surface area contributed by atoms with Gasteiger partial charge < -0.3 is 41.7 Å². The molecule has 0 aromatic heterocycles. The van der Waals surface area contributed by atoms with E-state index in [1.807, 2.05) is 0 Å². The Morgan fingerprint density at radius 2 is 1.62 bits per heavy atom. The highest BCUT2D eigenvalue weighted by Crippen LogP contribution is 2.04. The van der Waals surface area contributed by atoms with Gasteiger partial charge >= 0.3 is 5.97 Å². The molecule has 0 fully saturated rings. The molecule has 4 unspecified atom stereocenters. The maximum absolute atomic E-state index is 10.5. The van der Waals surface area contributed by atoms with Crippen molar-refractivity contribution in [3.8, 4) is 0 Å². The summed E-state index contributed by atoms with van der Waals surface area (Å²) in [6.45, 7) is -0.252. The first-order valence-electron chi connectivity index (χ1n) is 6.83. The summed E-state index contributed by atoms with van der Waals surface area (Å²) in [6.07, 6.45) is -4.45. The number of carboxylic acid groups (broad SMARTS) is 1. The first kappa shape index (κ1) is 20.2. The van der Waals surface area contributed by atoms with Gasteiger partial charge in [-0.05, 0) is 19.4 Å². The Balaban J connectivity index is 3.74. The van der Waals surface area contributed by atoms with Crippen LogP contribution in [0.25, 0.3) is 0 Å². The third-order valence-corrected chi connectivity index (χ3v) is 3.11. The quantitative estimate of drug-likeness (QED) is 0.171. The molecule has 9 nitrogen and oxygen atoms in total. The lowest BCUT2D eigenvalue weighted by Gasteiger charge is -2.25. The van der Waals surface area contributed by atoms with Crippen LogP contribution >= 0.6 is 0 Å². The smallest absolute Gasteiger partial charge is 0.320 e. The number of aliphatic hydroxyl groups excluding tert-OH is 5. The van der Waals surface area contributed by atoms with Crippen LogP contribution in [0.2, 0.25) is 0 Å². The van der Waals surface area contributed by atoms with Crippen molar-refractivity contribution in [3.05, 3.63) is 0 Å². The molecule has 0 bridgehead atoms. The fourth-order valence-electron chi connectivity index (χ4n) is 1.67. The van der Waals surface area contributed by atoms with Crippen molar-refractivity contribution in [2.75, 3.05) is 19.7 Å². The summed E-state index contributed by atoms with van der Waals surface area (Å²) in [6, 6.07) is -0.882. The highest BCUT2D eigenvalue weighted by Gasteiger charge is 2.29. The third kappa shape index (κ3) is 8.27.